The largest absolute Gasteiger partial charge is 0.493 e. The van der Waals surface area contributed by atoms with Gasteiger partial charge in [0, 0.05) is 25.4 Å². The minimum atomic E-state index is -0.955. The van der Waals surface area contributed by atoms with Gasteiger partial charge < -0.3 is 24.8 Å². The summed E-state index contributed by atoms with van der Waals surface area (Å²) in [5.41, 5.74) is 6.76. The van der Waals surface area contributed by atoms with Gasteiger partial charge in [0.05, 0.1) is 31.2 Å². The van der Waals surface area contributed by atoms with E-state index in [1.54, 1.807) is 15.8 Å². The first-order chi connectivity index (χ1) is 17.4. The number of nitrogens with zero attached hydrogens (tertiary/aromatic N) is 4. The number of hydrogen-bond donors (Lipinski definition) is 1. The molecule has 9 nitrogen and oxygen atoms in total. The van der Waals surface area contributed by atoms with Crippen molar-refractivity contribution in [2.45, 2.75) is 45.8 Å². The molecule has 0 bridgehead atoms. The van der Waals surface area contributed by atoms with Crippen LogP contribution in [0.3, 0.4) is 0 Å². The van der Waals surface area contributed by atoms with Crippen molar-refractivity contribution in [2.24, 2.45) is 0 Å². The monoisotopic (exact) mass is 513 g/mol. The van der Waals surface area contributed by atoms with E-state index in [0.29, 0.717) is 30.4 Å². The lowest BCUT2D eigenvalue weighted by Gasteiger charge is -2.24. The first-order valence-electron chi connectivity index (χ1n) is 11.7. The van der Waals surface area contributed by atoms with Gasteiger partial charge >= 0.3 is 6.09 Å². The van der Waals surface area contributed by atoms with Crippen LogP contribution in [-0.2, 0) is 4.74 Å². The van der Waals surface area contributed by atoms with E-state index in [1.807, 2.05) is 27.7 Å². The van der Waals surface area contributed by atoms with E-state index >= 15 is 0 Å². The standard InChI is InChI=1S/C26H29F2N5O4/c1-14-12-30-24(29)20-17(8-7-16-21(27)18(35-5)11-19(36-6)22(16)28)31-33(23(14)20)15-9-10-32(13-15)25(34)37-26(2,3)4/h11-12,15H,9-10,13H2,1-6H3,(H2,29,30). The summed E-state index contributed by atoms with van der Waals surface area (Å²) in [7, 11) is 2.53. The molecule has 1 atom stereocenters. The zero-order valence-electron chi connectivity index (χ0n) is 21.6. The van der Waals surface area contributed by atoms with Crippen LogP contribution in [0, 0.1) is 30.4 Å². The minimum Gasteiger partial charge on any atom is -0.493 e. The van der Waals surface area contributed by atoms with Crippen LogP contribution in [0.15, 0.2) is 12.3 Å². The number of benzene rings is 1. The summed E-state index contributed by atoms with van der Waals surface area (Å²) in [5.74, 6) is 3.17. The van der Waals surface area contributed by atoms with Crippen LogP contribution < -0.4 is 15.2 Å². The molecule has 1 aromatic carbocycles. The van der Waals surface area contributed by atoms with Gasteiger partial charge in [-0.25, -0.2) is 18.6 Å². The number of aryl methyl sites for hydroxylation is 1. The van der Waals surface area contributed by atoms with Gasteiger partial charge in [0.15, 0.2) is 23.1 Å². The Bertz CT molecular complexity index is 1410. The van der Waals surface area contributed by atoms with Crippen molar-refractivity contribution in [3.63, 3.8) is 0 Å². The van der Waals surface area contributed by atoms with Crippen molar-refractivity contribution in [1.29, 1.82) is 0 Å². The van der Waals surface area contributed by atoms with Gasteiger partial charge in [-0.3, -0.25) is 4.68 Å². The Kier molecular flexibility index (Phi) is 6.86. The number of nitrogens with two attached hydrogens (primary N) is 1. The van der Waals surface area contributed by atoms with Gasteiger partial charge in [-0.2, -0.15) is 5.10 Å². The van der Waals surface area contributed by atoms with Crippen LogP contribution in [-0.4, -0.2) is 58.7 Å². The SMILES string of the molecule is COc1cc(OC)c(F)c(C#Cc2nn(C3CCN(C(=O)OC(C)(C)C)C3)c3c(C)cnc(N)c23)c1F. The Hall–Kier alpha value is -4.07. The number of carbonyl (C=O) groups is 1. The Balaban J connectivity index is 1.78. The van der Waals surface area contributed by atoms with Crippen LogP contribution in [0.2, 0.25) is 0 Å². The topological polar surface area (TPSA) is 105 Å². The third-order valence-corrected chi connectivity index (χ3v) is 5.98. The molecule has 2 aromatic heterocycles. The second-order valence-electron chi connectivity index (χ2n) is 9.75. The Labute approximate surface area is 213 Å². The molecular formula is C26H29F2N5O4. The number of nitrogen functional groups attached to an aromatic ring is 1. The fourth-order valence-electron chi connectivity index (χ4n) is 4.25. The van der Waals surface area contributed by atoms with Crippen molar-refractivity contribution in [3.05, 3.63) is 40.7 Å². The highest BCUT2D eigenvalue weighted by molar-refractivity contribution is 5.95. The summed E-state index contributed by atoms with van der Waals surface area (Å²) in [4.78, 5) is 18.4. The zero-order chi connectivity index (χ0) is 27.1. The average Bonchev–Trinajstić information content (AvgIpc) is 3.46. The smallest absolute Gasteiger partial charge is 0.410 e. The van der Waals surface area contributed by atoms with E-state index in [2.05, 4.69) is 21.9 Å². The Morgan fingerprint density at radius 2 is 1.81 bits per heavy atom. The highest BCUT2D eigenvalue weighted by Gasteiger charge is 2.33. The molecule has 1 amide bonds. The maximum Gasteiger partial charge on any atom is 0.410 e. The number of carbonyl (C=O) groups excluding carboxylic acids is 1. The second-order valence-corrected chi connectivity index (χ2v) is 9.75. The Morgan fingerprint density at radius 3 is 2.41 bits per heavy atom. The van der Waals surface area contributed by atoms with Crippen molar-refractivity contribution in [2.75, 3.05) is 33.0 Å². The molecule has 3 heterocycles. The van der Waals surface area contributed by atoms with E-state index in [1.165, 1.54) is 14.2 Å². The number of methoxy groups -OCH3 is 2. The molecule has 1 fully saturated rings. The number of ether oxygens (including phenoxy) is 3. The fraction of sp³-hybridized carbons (Fsp3) is 0.423. The number of aromatic nitrogens is 3. The molecule has 3 aromatic rings. The molecule has 1 saturated heterocycles. The highest BCUT2D eigenvalue weighted by Crippen LogP contribution is 2.33. The lowest BCUT2D eigenvalue weighted by atomic mass is 10.1. The van der Waals surface area contributed by atoms with Gasteiger partial charge in [0.25, 0.3) is 0 Å². The quantitative estimate of drug-likeness (QED) is 0.524. The molecule has 37 heavy (non-hydrogen) atoms. The van der Waals surface area contributed by atoms with Gasteiger partial charge in [0.2, 0.25) is 0 Å². The first-order valence-corrected chi connectivity index (χ1v) is 11.7. The second kappa shape index (κ2) is 9.76. The van der Waals surface area contributed by atoms with Gasteiger partial charge in [-0.05, 0) is 45.6 Å². The summed E-state index contributed by atoms with van der Waals surface area (Å²) >= 11 is 0. The predicted molar refractivity (Wildman–Crippen MR) is 134 cm³/mol. The van der Waals surface area contributed by atoms with Crippen molar-refractivity contribution in [3.8, 4) is 23.3 Å². The molecule has 1 unspecified atom stereocenters. The average molecular weight is 514 g/mol. The molecule has 1 aliphatic rings. The summed E-state index contributed by atoms with van der Waals surface area (Å²) < 4.78 is 47.0. The lowest BCUT2D eigenvalue weighted by Crippen LogP contribution is -2.35. The third kappa shape index (κ3) is 4.96. The number of halogens is 2. The molecule has 1 aliphatic heterocycles. The maximum atomic E-state index is 14.9. The summed E-state index contributed by atoms with van der Waals surface area (Å²) in [6.07, 6.45) is 1.85. The summed E-state index contributed by atoms with van der Waals surface area (Å²) in [6, 6.07) is 0.929. The van der Waals surface area contributed by atoms with Crippen molar-refractivity contribution >= 4 is 22.8 Å². The molecule has 4 rings (SSSR count). The molecule has 11 heteroatoms. The highest BCUT2D eigenvalue weighted by atomic mass is 19.1. The van der Waals surface area contributed by atoms with E-state index in [-0.39, 0.29) is 29.1 Å². The fourth-order valence-corrected chi connectivity index (χ4v) is 4.25. The van der Waals surface area contributed by atoms with E-state index in [9.17, 15) is 13.6 Å². The van der Waals surface area contributed by atoms with Crippen LogP contribution in [0.4, 0.5) is 19.4 Å². The van der Waals surface area contributed by atoms with Gasteiger partial charge in [-0.1, -0.05) is 5.92 Å². The Morgan fingerprint density at radius 1 is 1.16 bits per heavy atom. The number of amides is 1. The number of hydrogen-bond acceptors (Lipinski definition) is 7. The van der Waals surface area contributed by atoms with Crippen molar-refractivity contribution < 1.29 is 27.8 Å². The summed E-state index contributed by atoms with van der Waals surface area (Å²) in [5, 5.41) is 5.13. The molecule has 196 valence electrons. The van der Waals surface area contributed by atoms with Gasteiger partial charge in [0.1, 0.15) is 22.7 Å². The lowest BCUT2D eigenvalue weighted by molar-refractivity contribution is 0.0288. The van der Waals surface area contributed by atoms with Crippen LogP contribution in [0.5, 0.6) is 11.5 Å². The van der Waals surface area contributed by atoms with Crippen LogP contribution in [0.25, 0.3) is 10.9 Å². The zero-order valence-corrected chi connectivity index (χ0v) is 21.6. The summed E-state index contributed by atoms with van der Waals surface area (Å²) in [6.45, 7) is 8.16. The molecule has 0 radical (unpaired) electrons. The van der Waals surface area contributed by atoms with E-state index in [0.717, 1.165) is 11.6 Å². The molecule has 0 spiro atoms. The number of pyridine rings is 1. The van der Waals surface area contributed by atoms with Crippen LogP contribution >= 0.6 is 0 Å². The molecule has 0 aliphatic carbocycles. The number of fused-ring (bicyclic) bond motifs is 1. The maximum absolute atomic E-state index is 14.9. The molecule has 2 N–H and O–H groups in total. The predicted octanol–water partition coefficient (Wildman–Crippen LogP) is 4.20. The third-order valence-electron chi connectivity index (χ3n) is 5.98. The van der Waals surface area contributed by atoms with E-state index < -0.39 is 28.9 Å². The normalized spacial score (nSPS) is 15.5. The number of anilines is 1. The van der Waals surface area contributed by atoms with Crippen molar-refractivity contribution in [1.82, 2.24) is 19.7 Å². The van der Waals surface area contributed by atoms with Gasteiger partial charge in [-0.15, -0.1) is 0 Å². The minimum absolute atomic E-state index is 0.183. The molecular weight excluding hydrogens is 484 g/mol. The molecule has 0 saturated carbocycles. The number of rotatable bonds is 3. The first kappa shape index (κ1) is 26.0. The van der Waals surface area contributed by atoms with E-state index in [4.69, 9.17) is 19.9 Å². The number of likely N-dealkylation sites (tertiary alicyclic amines) is 1. The van der Waals surface area contributed by atoms with Crippen LogP contribution in [0.1, 0.15) is 50.1 Å².